The van der Waals surface area contributed by atoms with Crippen molar-refractivity contribution in [3.63, 3.8) is 0 Å². The van der Waals surface area contributed by atoms with Crippen molar-refractivity contribution >= 4 is 11.5 Å². The van der Waals surface area contributed by atoms with Crippen molar-refractivity contribution in [1.29, 1.82) is 0 Å². The Morgan fingerprint density at radius 3 is 2.64 bits per heavy atom. The van der Waals surface area contributed by atoms with E-state index in [1.807, 2.05) is 37.4 Å². The number of phenolic OH excluding ortho intramolecular Hbond substituents is 1. The third-order valence-corrected chi connectivity index (χ3v) is 5.12. The Labute approximate surface area is 149 Å². The number of phenols is 1. The number of aryl methyl sites for hydroxylation is 2. The number of anilines is 2. The molecule has 0 amide bonds. The Kier molecular flexibility index (Phi) is 5.43. The minimum atomic E-state index is 0.271. The normalized spacial score (nSPS) is 15.4. The molecule has 0 spiro atoms. The van der Waals surface area contributed by atoms with E-state index in [1.54, 1.807) is 0 Å². The lowest BCUT2D eigenvalue weighted by Gasteiger charge is -2.33. The molecule has 1 saturated heterocycles. The van der Waals surface area contributed by atoms with Crippen molar-refractivity contribution in [2.75, 3.05) is 29.9 Å². The zero-order valence-corrected chi connectivity index (χ0v) is 15.0. The third kappa shape index (κ3) is 4.04. The van der Waals surface area contributed by atoms with Gasteiger partial charge in [0, 0.05) is 38.0 Å². The summed E-state index contributed by atoms with van der Waals surface area (Å²) in [4.78, 5) is 6.83. The summed E-state index contributed by atoms with van der Waals surface area (Å²) >= 11 is 0. The van der Waals surface area contributed by atoms with Gasteiger partial charge in [0.2, 0.25) is 0 Å². The Balaban J connectivity index is 1.73. The molecule has 1 aromatic heterocycles. The molecule has 2 heterocycles. The lowest BCUT2D eigenvalue weighted by atomic mass is 9.98. The van der Waals surface area contributed by atoms with E-state index in [2.05, 4.69) is 22.1 Å². The summed E-state index contributed by atoms with van der Waals surface area (Å²) in [5.74, 6) is 1.68. The molecule has 0 unspecified atom stereocenters. The highest BCUT2D eigenvalue weighted by Crippen LogP contribution is 2.29. The second-order valence-corrected chi connectivity index (χ2v) is 6.91. The second kappa shape index (κ2) is 7.74. The van der Waals surface area contributed by atoms with Gasteiger partial charge in [0.1, 0.15) is 5.75 Å². The molecule has 1 fully saturated rings. The summed E-state index contributed by atoms with van der Waals surface area (Å²) in [6.07, 6.45) is 3.79. The van der Waals surface area contributed by atoms with E-state index in [9.17, 15) is 10.2 Å². The largest absolute Gasteiger partial charge is 0.508 e. The number of benzene rings is 1. The molecule has 1 aromatic carbocycles. The minimum absolute atomic E-state index is 0.271. The first-order valence-corrected chi connectivity index (χ1v) is 8.92. The predicted octanol–water partition coefficient (Wildman–Crippen LogP) is 3.22. The van der Waals surface area contributed by atoms with Crippen molar-refractivity contribution < 1.29 is 10.2 Å². The Bertz CT molecular complexity index is 725. The first-order valence-electron chi connectivity index (χ1n) is 8.92. The van der Waals surface area contributed by atoms with Crippen LogP contribution in [-0.2, 0) is 6.54 Å². The van der Waals surface area contributed by atoms with E-state index in [1.165, 1.54) is 5.56 Å². The Morgan fingerprint density at radius 2 is 1.92 bits per heavy atom. The van der Waals surface area contributed by atoms with Gasteiger partial charge in [0.05, 0.1) is 5.69 Å². The van der Waals surface area contributed by atoms with Crippen molar-refractivity contribution in [3.8, 4) is 5.75 Å². The highest BCUT2D eigenvalue weighted by molar-refractivity contribution is 5.65. The monoisotopic (exact) mass is 341 g/mol. The second-order valence-electron chi connectivity index (χ2n) is 6.91. The molecule has 5 nitrogen and oxygen atoms in total. The first kappa shape index (κ1) is 17.5. The summed E-state index contributed by atoms with van der Waals surface area (Å²) in [5.41, 5.74) is 4.13. The minimum Gasteiger partial charge on any atom is -0.508 e. The van der Waals surface area contributed by atoms with E-state index in [4.69, 9.17) is 0 Å². The van der Waals surface area contributed by atoms with Crippen LogP contribution in [0.15, 0.2) is 30.5 Å². The summed E-state index contributed by atoms with van der Waals surface area (Å²) in [7, 11) is 0. The molecule has 0 aliphatic carbocycles. The van der Waals surface area contributed by atoms with E-state index in [0.29, 0.717) is 18.2 Å². The number of hydrogen-bond acceptors (Lipinski definition) is 5. The van der Waals surface area contributed by atoms with Crippen LogP contribution in [-0.4, -0.2) is 34.9 Å². The molecule has 2 aromatic rings. The summed E-state index contributed by atoms with van der Waals surface area (Å²) in [6.45, 7) is 6.70. The summed E-state index contributed by atoms with van der Waals surface area (Å²) in [6, 6.07) is 7.79. The zero-order chi connectivity index (χ0) is 17.8. The number of aliphatic hydroxyl groups is 1. The first-order chi connectivity index (χ1) is 12.1. The zero-order valence-electron chi connectivity index (χ0n) is 15.0. The van der Waals surface area contributed by atoms with Gasteiger partial charge < -0.3 is 20.4 Å². The maximum Gasteiger partial charge on any atom is 0.151 e. The third-order valence-electron chi connectivity index (χ3n) is 5.12. The van der Waals surface area contributed by atoms with Gasteiger partial charge in [0.25, 0.3) is 0 Å². The van der Waals surface area contributed by atoms with Crippen LogP contribution in [0.5, 0.6) is 5.75 Å². The number of hydrogen-bond donors (Lipinski definition) is 3. The van der Waals surface area contributed by atoms with Crippen LogP contribution in [0, 0.1) is 19.8 Å². The fourth-order valence-corrected chi connectivity index (χ4v) is 3.31. The average Bonchev–Trinajstić information content (AvgIpc) is 2.64. The molecule has 3 N–H and O–H groups in total. The number of aromatic hydroxyl groups is 1. The Morgan fingerprint density at radius 1 is 1.20 bits per heavy atom. The number of nitrogens with zero attached hydrogens (tertiary/aromatic N) is 2. The van der Waals surface area contributed by atoms with Crippen LogP contribution in [0.25, 0.3) is 0 Å². The average molecular weight is 341 g/mol. The van der Waals surface area contributed by atoms with Gasteiger partial charge in [-0.05, 0) is 61.9 Å². The van der Waals surface area contributed by atoms with Crippen LogP contribution < -0.4 is 10.2 Å². The topological polar surface area (TPSA) is 68.6 Å². The van der Waals surface area contributed by atoms with Crippen molar-refractivity contribution in [1.82, 2.24) is 4.98 Å². The van der Waals surface area contributed by atoms with Crippen LogP contribution in [0.1, 0.15) is 29.5 Å². The van der Waals surface area contributed by atoms with E-state index in [0.717, 1.165) is 48.6 Å². The highest BCUT2D eigenvalue weighted by Gasteiger charge is 2.21. The lowest BCUT2D eigenvalue weighted by Crippen LogP contribution is -2.35. The van der Waals surface area contributed by atoms with Gasteiger partial charge >= 0.3 is 0 Å². The molecule has 1 aliphatic heterocycles. The fraction of sp³-hybridized carbons (Fsp3) is 0.450. The van der Waals surface area contributed by atoms with Gasteiger partial charge in [0.15, 0.2) is 5.82 Å². The number of piperidine rings is 1. The fourth-order valence-electron chi connectivity index (χ4n) is 3.31. The molecule has 1 aliphatic rings. The molecule has 0 atom stereocenters. The van der Waals surface area contributed by atoms with Crippen LogP contribution >= 0.6 is 0 Å². The molecule has 25 heavy (non-hydrogen) atoms. The summed E-state index contributed by atoms with van der Waals surface area (Å²) < 4.78 is 0. The molecule has 5 heteroatoms. The standard InChI is InChI=1S/C20H27N3O2/c1-14-10-17(19(25)11-15(14)2)12-22-18-4-3-7-21-20(18)23-8-5-16(13-24)6-9-23/h3-4,7,10-11,16,22,24-25H,5-6,8-9,12-13H2,1-2H3. The number of aliphatic hydroxyl groups excluding tert-OH is 1. The Hall–Kier alpha value is -2.27. The van der Waals surface area contributed by atoms with E-state index >= 15 is 0 Å². The van der Waals surface area contributed by atoms with Gasteiger partial charge in [-0.15, -0.1) is 0 Å². The SMILES string of the molecule is Cc1cc(O)c(CNc2cccnc2N2CCC(CO)CC2)cc1C. The van der Waals surface area contributed by atoms with E-state index < -0.39 is 0 Å². The summed E-state index contributed by atoms with van der Waals surface area (Å²) in [5, 5.41) is 22.9. The van der Waals surface area contributed by atoms with Crippen LogP contribution in [0.2, 0.25) is 0 Å². The number of aromatic nitrogens is 1. The maximum absolute atomic E-state index is 10.2. The van der Waals surface area contributed by atoms with Crippen molar-refractivity contribution in [3.05, 3.63) is 47.2 Å². The van der Waals surface area contributed by atoms with Crippen molar-refractivity contribution in [2.24, 2.45) is 5.92 Å². The van der Waals surface area contributed by atoms with Gasteiger partial charge in [-0.25, -0.2) is 4.98 Å². The van der Waals surface area contributed by atoms with Gasteiger partial charge in [-0.2, -0.15) is 0 Å². The van der Waals surface area contributed by atoms with Gasteiger partial charge in [-0.3, -0.25) is 0 Å². The molecule has 134 valence electrons. The maximum atomic E-state index is 10.2. The van der Waals surface area contributed by atoms with Crippen molar-refractivity contribution in [2.45, 2.75) is 33.2 Å². The van der Waals surface area contributed by atoms with E-state index in [-0.39, 0.29) is 6.61 Å². The molecule has 0 bridgehead atoms. The highest BCUT2D eigenvalue weighted by atomic mass is 16.3. The quantitative estimate of drug-likeness (QED) is 0.779. The number of pyridine rings is 1. The van der Waals surface area contributed by atoms with Crippen LogP contribution in [0.4, 0.5) is 11.5 Å². The molecule has 3 rings (SSSR count). The molecule has 0 saturated carbocycles. The van der Waals surface area contributed by atoms with Crippen LogP contribution in [0.3, 0.4) is 0 Å². The lowest BCUT2D eigenvalue weighted by molar-refractivity contribution is 0.203. The smallest absolute Gasteiger partial charge is 0.151 e. The van der Waals surface area contributed by atoms with Gasteiger partial charge in [-0.1, -0.05) is 6.07 Å². The number of nitrogens with one attached hydrogen (secondary N) is 1. The number of rotatable bonds is 5. The predicted molar refractivity (Wildman–Crippen MR) is 101 cm³/mol. The molecular weight excluding hydrogens is 314 g/mol. The molecule has 0 radical (unpaired) electrons. The molecular formula is C20H27N3O2.